The van der Waals surface area contributed by atoms with E-state index in [1.165, 1.54) is 0 Å². The number of carbonyl (C=O) groups is 2. The van der Waals surface area contributed by atoms with Crippen molar-refractivity contribution in [3.8, 4) is 0 Å². The molecule has 17 heavy (non-hydrogen) atoms. The molecule has 0 bridgehead atoms. The standard InChI is InChI=1S/C11H13BrN2O2S/c1-2-13-10(15)6-14-11(16)8-4-3-7(12)5-9(8)17/h3-5,17H,2,6H2,1H3,(H,13,15)(H,14,16). The van der Waals surface area contributed by atoms with Crippen LogP contribution in [0.4, 0.5) is 0 Å². The lowest BCUT2D eigenvalue weighted by Crippen LogP contribution is -2.36. The predicted octanol–water partition coefficient (Wildman–Crippen LogP) is 1.60. The summed E-state index contributed by atoms with van der Waals surface area (Å²) < 4.78 is 0.850. The van der Waals surface area contributed by atoms with Gasteiger partial charge in [0.05, 0.1) is 12.1 Å². The molecule has 0 fully saturated rings. The van der Waals surface area contributed by atoms with Crippen LogP contribution in [0.25, 0.3) is 0 Å². The van der Waals surface area contributed by atoms with Gasteiger partial charge >= 0.3 is 0 Å². The molecule has 1 aromatic carbocycles. The maximum atomic E-state index is 11.7. The van der Waals surface area contributed by atoms with Crippen LogP contribution in [0.2, 0.25) is 0 Å². The summed E-state index contributed by atoms with van der Waals surface area (Å²) in [4.78, 5) is 23.5. The van der Waals surface area contributed by atoms with Crippen molar-refractivity contribution in [1.29, 1.82) is 0 Å². The molecule has 0 aliphatic rings. The fourth-order valence-corrected chi connectivity index (χ4v) is 2.07. The van der Waals surface area contributed by atoms with Gasteiger partial charge in [0.25, 0.3) is 5.91 Å². The van der Waals surface area contributed by atoms with Crippen molar-refractivity contribution in [2.24, 2.45) is 0 Å². The SMILES string of the molecule is CCNC(=O)CNC(=O)c1ccc(Br)cc1S. The summed E-state index contributed by atoms with van der Waals surface area (Å²) in [6.45, 7) is 2.33. The molecule has 0 aliphatic carbocycles. The van der Waals surface area contributed by atoms with Gasteiger partial charge in [-0.3, -0.25) is 9.59 Å². The summed E-state index contributed by atoms with van der Waals surface area (Å²) in [5.41, 5.74) is 0.445. The van der Waals surface area contributed by atoms with Gasteiger partial charge in [0.15, 0.2) is 0 Å². The molecule has 0 aliphatic heterocycles. The van der Waals surface area contributed by atoms with Crippen LogP contribution >= 0.6 is 28.6 Å². The number of amides is 2. The molecule has 1 aromatic rings. The van der Waals surface area contributed by atoms with E-state index in [0.717, 1.165) is 4.47 Å². The molecular formula is C11H13BrN2O2S. The topological polar surface area (TPSA) is 58.2 Å². The fourth-order valence-electron chi connectivity index (χ4n) is 1.21. The number of thiol groups is 1. The summed E-state index contributed by atoms with van der Waals surface area (Å²) in [5.74, 6) is -0.521. The second-order valence-corrected chi connectivity index (χ2v) is 4.70. The van der Waals surface area contributed by atoms with E-state index in [2.05, 4.69) is 39.2 Å². The third-order valence-corrected chi connectivity index (χ3v) is 2.85. The Kier molecular flexibility index (Phi) is 5.50. The lowest BCUT2D eigenvalue weighted by molar-refractivity contribution is -0.120. The van der Waals surface area contributed by atoms with Crippen molar-refractivity contribution in [3.05, 3.63) is 28.2 Å². The van der Waals surface area contributed by atoms with E-state index in [0.29, 0.717) is 17.0 Å². The second-order valence-electron chi connectivity index (χ2n) is 3.30. The van der Waals surface area contributed by atoms with Gasteiger partial charge in [0, 0.05) is 15.9 Å². The minimum Gasteiger partial charge on any atom is -0.355 e. The van der Waals surface area contributed by atoms with Crippen LogP contribution < -0.4 is 10.6 Å². The molecule has 92 valence electrons. The van der Waals surface area contributed by atoms with E-state index in [1.807, 2.05) is 6.92 Å². The van der Waals surface area contributed by atoms with Gasteiger partial charge in [-0.2, -0.15) is 0 Å². The quantitative estimate of drug-likeness (QED) is 0.739. The second kappa shape index (κ2) is 6.66. The normalized spacial score (nSPS) is 9.82. The first-order valence-corrected chi connectivity index (χ1v) is 6.32. The van der Waals surface area contributed by atoms with Crippen molar-refractivity contribution in [2.75, 3.05) is 13.1 Å². The average Bonchev–Trinajstić information content (AvgIpc) is 2.26. The molecule has 2 N–H and O–H groups in total. The molecule has 0 atom stereocenters. The van der Waals surface area contributed by atoms with Gasteiger partial charge in [-0.25, -0.2) is 0 Å². The van der Waals surface area contributed by atoms with Gasteiger partial charge in [0.2, 0.25) is 5.91 Å². The predicted molar refractivity (Wildman–Crippen MR) is 72.4 cm³/mol. The van der Waals surface area contributed by atoms with Gasteiger partial charge < -0.3 is 10.6 Å². The van der Waals surface area contributed by atoms with E-state index >= 15 is 0 Å². The minimum absolute atomic E-state index is 0.0318. The summed E-state index contributed by atoms with van der Waals surface area (Å²) in [7, 11) is 0. The number of halogens is 1. The summed E-state index contributed by atoms with van der Waals surface area (Å²) >= 11 is 7.48. The van der Waals surface area contributed by atoms with Crippen LogP contribution in [0.1, 0.15) is 17.3 Å². The van der Waals surface area contributed by atoms with Crippen molar-refractivity contribution >= 4 is 40.4 Å². The Balaban J connectivity index is 2.61. The first kappa shape index (κ1) is 14.1. The first-order valence-electron chi connectivity index (χ1n) is 5.08. The zero-order valence-corrected chi connectivity index (χ0v) is 11.8. The summed E-state index contributed by atoms with van der Waals surface area (Å²) in [6, 6.07) is 5.13. The highest BCUT2D eigenvalue weighted by Crippen LogP contribution is 2.19. The van der Waals surface area contributed by atoms with Crippen LogP contribution in [0, 0.1) is 0 Å². The number of nitrogens with one attached hydrogen (secondary N) is 2. The van der Waals surface area contributed by atoms with Crippen LogP contribution in [-0.2, 0) is 4.79 Å². The number of carbonyl (C=O) groups excluding carboxylic acids is 2. The highest BCUT2D eigenvalue weighted by molar-refractivity contribution is 9.10. The highest BCUT2D eigenvalue weighted by atomic mass is 79.9. The number of hydrogen-bond acceptors (Lipinski definition) is 3. The molecule has 1 rings (SSSR count). The van der Waals surface area contributed by atoms with Gasteiger partial charge in [0.1, 0.15) is 0 Å². The number of rotatable bonds is 4. The minimum atomic E-state index is -0.311. The van der Waals surface area contributed by atoms with E-state index in [9.17, 15) is 9.59 Å². The third kappa shape index (κ3) is 4.40. The van der Waals surface area contributed by atoms with E-state index in [1.54, 1.807) is 18.2 Å². The Morgan fingerprint density at radius 3 is 2.65 bits per heavy atom. The van der Waals surface area contributed by atoms with Crippen molar-refractivity contribution in [2.45, 2.75) is 11.8 Å². The molecule has 0 spiro atoms. The lowest BCUT2D eigenvalue weighted by Gasteiger charge is -2.07. The Labute approximate surface area is 114 Å². The Morgan fingerprint density at radius 2 is 2.06 bits per heavy atom. The maximum absolute atomic E-state index is 11.7. The molecule has 0 saturated heterocycles. The van der Waals surface area contributed by atoms with Gasteiger partial charge in [-0.05, 0) is 25.1 Å². The van der Waals surface area contributed by atoms with Crippen LogP contribution in [0.3, 0.4) is 0 Å². The Morgan fingerprint density at radius 1 is 1.35 bits per heavy atom. The van der Waals surface area contributed by atoms with Crippen LogP contribution in [0.5, 0.6) is 0 Å². The molecule has 0 heterocycles. The molecule has 4 nitrogen and oxygen atoms in total. The molecule has 2 amide bonds. The summed E-state index contributed by atoms with van der Waals surface area (Å²) in [5, 5.41) is 5.12. The number of hydrogen-bond donors (Lipinski definition) is 3. The summed E-state index contributed by atoms with van der Waals surface area (Å²) in [6.07, 6.45) is 0. The maximum Gasteiger partial charge on any atom is 0.252 e. The van der Waals surface area contributed by atoms with E-state index in [4.69, 9.17) is 0 Å². The molecule has 0 saturated carbocycles. The molecule has 0 unspecified atom stereocenters. The van der Waals surface area contributed by atoms with Gasteiger partial charge in [-0.15, -0.1) is 12.6 Å². The monoisotopic (exact) mass is 316 g/mol. The van der Waals surface area contributed by atoms with Crippen molar-refractivity contribution < 1.29 is 9.59 Å². The molecule has 0 radical (unpaired) electrons. The average molecular weight is 317 g/mol. The number of likely N-dealkylation sites (N-methyl/N-ethyl adjacent to an activating group) is 1. The van der Waals surface area contributed by atoms with Crippen LogP contribution in [0.15, 0.2) is 27.6 Å². The van der Waals surface area contributed by atoms with E-state index in [-0.39, 0.29) is 18.4 Å². The lowest BCUT2D eigenvalue weighted by atomic mass is 10.2. The zero-order valence-electron chi connectivity index (χ0n) is 9.29. The van der Waals surface area contributed by atoms with Crippen molar-refractivity contribution in [3.63, 3.8) is 0 Å². The Hall–Kier alpha value is -1.01. The molecule has 6 heteroatoms. The Bertz CT molecular complexity index is 437. The smallest absolute Gasteiger partial charge is 0.252 e. The first-order chi connectivity index (χ1) is 8.04. The third-order valence-electron chi connectivity index (χ3n) is 1.99. The highest BCUT2D eigenvalue weighted by Gasteiger charge is 2.10. The zero-order chi connectivity index (χ0) is 12.8. The largest absolute Gasteiger partial charge is 0.355 e. The van der Waals surface area contributed by atoms with E-state index < -0.39 is 0 Å². The molecular weight excluding hydrogens is 304 g/mol. The fraction of sp³-hybridized carbons (Fsp3) is 0.273. The molecule has 0 aromatic heterocycles. The van der Waals surface area contributed by atoms with Crippen molar-refractivity contribution in [1.82, 2.24) is 10.6 Å². The van der Waals surface area contributed by atoms with Crippen LogP contribution in [-0.4, -0.2) is 24.9 Å². The van der Waals surface area contributed by atoms with Gasteiger partial charge in [-0.1, -0.05) is 15.9 Å². The number of benzene rings is 1.